The lowest BCUT2D eigenvalue weighted by Gasteiger charge is -2.31. The van der Waals surface area contributed by atoms with E-state index in [0.717, 1.165) is 19.1 Å². The molecular formula is C11H21NO2. The number of likely N-dealkylation sites (N-methyl/N-ethyl adjacent to an activating group) is 1. The van der Waals surface area contributed by atoms with Crippen LogP contribution in [0.25, 0.3) is 0 Å². The van der Waals surface area contributed by atoms with Gasteiger partial charge in [-0.3, -0.25) is 4.90 Å². The molecule has 0 saturated carbocycles. The topological polar surface area (TPSA) is 29.5 Å². The molecule has 1 aliphatic heterocycles. The Labute approximate surface area is 86.4 Å². The van der Waals surface area contributed by atoms with Gasteiger partial charge in [-0.25, -0.2) is 0 Å². The lowest BCUT2D eigenvalue weighted by atomic mass is 9.98. The second-order valence-electron chi connectivity index (χ2n) is 4.36. The van der Waals surface area contributed by atoms with E-state index in [1.165, 1.54) is 0 Å². The maximum absolute atomic E-state index is 11.0. The summed E-state index contributed by atoms with van der Waals surface area (Å²) in [5, 5.41) is 0. The van der Waals surface area contributed by atoms with Gasteiger partial charge in [-0.15, -0.1) is 0 Å². The second kappa shape index (κ2) is 4.41. The molecule has 0 amide bonds. The molecule has 1 rings (SSSR count). The van der Waals surface area contributed by atoms with Crippen LogP contribution < -0.4 is 0 Å². The van der Waals surface area contributed by atoms with E-state index in [9.17, 15) is 4.79 Å². The van der Waals surface area contributed by atoms with Crippen LogP contribution in [0.3, 0.4) is 0 Å². The molecule has 0 radical (unpaired) electrons. The van der Waals surface area contributed by atoms with E-state index in [1.54, 1.807) is 0 Å². The Bertz CT molecular complexity index is 203. The van der Waals surface area contributed by atoms with Crippen molar-refractivity contribution in [1.29, 1.82) is 0 Å². The third-order valence-corrected chi connectivity index (χ3v) is 3.44. The van der Waals surface area contributed by atoms with Crippen LogP contribution in [-0.4, -0.2) is 36.6 Å². The molecule has 3 nitrogen and oxygen atoms in total. The Morgan fingerprint density at radius 1 is 1.57 bits per heavy atom. The van der Waals surface area contributed by atoms with Gasteiger partial charge >= 0.3 is 0 Å². The average molecular weight is 199 g/mol. The molecule has 0 unspecified atom stereocenters. The van der Waals surface area contributed by atoms with Crippen LogP contribution in [0.15, 0.2) is 0 Å². The number of carbonyl (C=O) groups is 1. The fraction of sp³-hybridized carbons (Fsp3) is 0.909. The van der Waals surface area contributed by atoms with Gasteiger partial charge in [-0.05, 0) is 32.7 Å². The lowest BCUT2D eigenvalue weighted by molar-refractivity contribution is -0.116. The van der Waals surface area contributed by atoms with Gasteiger partial charge in [0.15, 0.2) is 0 Å². The average Bonchev–Trinajstić information content (AvgIpc) is 2.49. The van der Waals surface area contributed by atoms with E-state index in [-0.39, 0.29) is 6.23 Å². The number of aldehydes is 1. The molecule has 0 spiro atoms. The minimum Gasteiger partial charge on any atom is -0.360 e. The van der Waals surface area contributed by atoms with E-state index >= 15 is 0 Å². The number of ether oxygens (including phenoxy) is 1. The lowest BCUT2D eigenvalue weighted by Crippen LogP contribution is -2.47. The number of rotatable bonds is 4. The summed E-state index contributed by atoms with van der Waals surface area (Å²) in [6.07, 6.45) is 3.30. The van der Waals surface area contributed by atoms with Crippen molar-refractivity contribution in [3.8, 4) is 0 Å². The first-order valence-corrected chi connectivity index (χ1v) is 5.40. The summed E-state index contributed by atoms with van der Waals surface area (Å²) in [5.74, 6) is 0.529. The van der Waals surface area contributed by atoms with Gasteiger partial charge in [0.05, 0.1) is 12.1 Å². The highest BCUT2D eigenvalue weighted by Crippen LogP contribution is 2.30. The summed E-state index contributed by atoms with van der Waals surface area (Å²) in [7, 11) is 1.98. The molecule has 1 heterocycles. The molecule has 0 N–H and O–H groups in total. The highest BCUT2D eigenvalue weighted by molar-refractivity contribution is 5.64. The minimum absolute atomic E-state index is 0.111. The van der Waals surface area contributed by atoms with E-state index in [2.05, 4.69) is 18.7 Å². The zero-order valence-electron chi connectivity index (χ0n) is 9.62. The summed E-state index contributed by atoms with van der Waals surface area (Å²) in [4.78, 5) is 13.0. The number of hydrogen-bond acceptors (Lipinski definition) is 3. The summed E-state index contributed by atoms with van der Waals surface area (Å²) in [6.45, 7) is 6.79. The Balaban J connectivity index is 2.72. The summed E-state index contributed by atoms with van der Waals surface area (Å²) in [5.41, 5.74) is -0.423. The summed E-state index contributed by atoms with van der Waals surface area (Å²) >= 11 is 0. The molecule has 82 valence electrons. The first-order chi connectivity index (χ1) is 6.59. The minimum atomic E-state index is -0.423. The maximum Gasteiger partial charge on any atom is 0.142 e. The van der Waals surface area contributed by atoms with E-state index in [4.69, 9.17) is 4.74 Å². The quantitative estimate of drug-likeness (QED) is 0.645. The van der Waals surface area contributed by atoms with Gasteiger partial charge in [0.25, 0.3) is 0 Å². The number of hydrogen-bond donors (Lipinski definition) is 0. The van der Waals surface area contributed by atoms with Crippen LogP contribution in [0, 0.1) is 5.92 Å². The standard InChI is InChI=1S/C11H21NO2/c1-5-9(6-2)10-12(4)11(3,7-13)8-14-10/h7,9-10H,5-6,8H2,1-4H3/t10-,11-/m1/s1. The van der Waals surface area contributed by atoms with Crippen LogP contribution in [-0.2, 0) is 9.53 Å². The largest absolute Gasteiger partial charge is 0.360 e. The molecular weight excluding hydrogens is 178 g/mol. The first kappa shape index (κ1) is 11.7. The van der Waals surface area contributed by atoms with Gasteiger partial charge in [-0.1, -0.05) is 13.8 Å². The van der Waals surface area contributed by atoms with Gasteiger partial charge in [0.2, 0.25) is 0 Å². The van der Waals surface area contributed by atoms with Crippen molar-refractivity contribution in [3.05, 3.63) is 0 Å². The van der Waals surface area contributed by atoms with Crippen LogP contribution in [0.5, 0.6) is 0 Å². The van der Waals surface area contributed by atoms with E-state index in [0.29, 0.717) is 12.5 Å². The third kappa shape index (κ3) is 1.84. The Kier molecular flexibility index (Phi) is 3.67. The molecule has 14 heavy (non-hydrogen) atoms. The van der Waals surface area contributed by atoms with Gasteiger partial charge in [0.1, 0.15) is 12.5 Å². The van der Waals surface area contributed by atoms with Crippen LogP contribution in [0.2, 0.25) is 0 Å². The molecule has 0 aromatic heterocycles. The third-order valence-electron chi connectivity index (χ3n) is 3.44. The highest BCUT2D eigenvalue weighted by atomic mass is 16.5. The number of carbonyl (C=O) groups excluding carboxylic acids is 1. The highest BCUT2D eigenvalue weighted by Gasteiger charge is 2.43. The van der Waals surface area contributed by atoms with Crippen molar-refractivity contribution < 1.29 is 9.53 Å². The fourth-order valence-electron chi connectivity index (χ4n) is 2.02. The molecule has 1 aliphatic rings. The molecule has 0 bridgehead atoms. The normalized spacial score (nSPS) is 33.9. The van der Waals surface area contributed by atoms with Crippen molar-refractivity contribution in [2.75, 3.05) is 13.7 Å². The van der Waals surface area contributed by atoms with Crippen molar-refractivity contribution >= 4 is 6.29 Å². The molecule has 3 heteroatoms. The van der Waals surface area contributed by atoms with Crippen molar-refractivity contribution in [3.63, 3.8) is 0 Å². The number of nitrogens with zero attached hydrogens (tertiary/aromatic N) is 1. The molecule has 0 aromatic carbocycles. The summed E-state index contributed by atoms with van der Waals surface area (Å²) < 4.78 is 5.71. The van der Waals surface area contributed by atoms with Gasteiger partial charge in [-0.2, -0.15) is 0 Å². The first-order valence-electron chi connectivity index (χ1n) is 5.40. The van der Waals surface area contributed by atoms with E-state index < -0.39 is 5.54 Å². The SMILES string of the molecule is CCC(CC)[C@H]1OC[C@@](C)(C=O)N1C. The van der Waals surface area contributed by atoms with Crippen LogP contribution in [0.4, 0.5) is 0 Å². The Hall–Kier alpha value is -0.410. The van der Waals surface area contributed by atoms with Gasteiger partial charge in [0, 0.05) is 0 Å². The molecule has 0 aromatic rings. The monoisotopic (exact) mass is 199 g/mol. The Morgan fingerprint density at radius 2 is 2.14 bits per heavy atom. The smallest absolute Gasteiger partial charge is 0.142 e. The molecule has 1 fully saturated rings. The zero-order chi connectivity index (χ0) is 10.8. The molecule has 2 atom stereocenters. The fourth-order valence-corrected chi connectivity index (χ4v) is 2.02. The maximum atomic E-state index is 11.0. The second-order valence-corrected chi connectivity index (χ2v) is 4.36. The van der Waals surface area contributed by atoms with E-state index in [1.807, 2.05) is 14.0 Å². The van der Waals surface area contributed by atoms with Crippen LogP contribution >= 0.6 is 0 Å². The van der Waals surface area contributed by atoms with Crippen molar-refractivity contribution in [2.45, 2.75) is 45.4 Å². The summed E-state index contributed by atoms with van der Waals surface area (Å²) in [6, 6.07) is 0. The van der Waals surface area contributed by atoms with Crippen molar-refractivity contribution in [1.82, 2.24) is 4.90 Å². The predicted octanol–water partition coefficient (Wildman–Crippen LogP) is 1.67. The Morgan fingerprint density at radius 3 is 2.50 bits per heavy atom. The van der Waals surface area contributed by atoms with Crippen LogP contribution in [0.1, 0.15) is 33.6 Å². The van der Waals surface area contributed by atoms with Gasteiger partial charge < -0.3 is 9.53 Å². The van der Waals surface area contributed by atoms with Crippen molar-refractivity contribution in [2.24, 2.45) is 5.92 Å². The molecule has 0 aliphatic carbocycles. The zero-order valence-corrected chi connectivity index (χ0v) is 9.62. The predicted molar refractivity (Wildman–Crippen MR) is 56.0 cm³/mol. The molecule has 1 saturated heterocycles.